The van der Waals surface area contributed by atoms with Crippen molar-refractivity contribution in [1.82, 2.24) is 19.7 Å². The van der Waals surface area contributed by atoms with E-state index in [1.807, 2.05) is 48.7 Å². The average Bonchev–Trinajstić information content (AvgIpc) is 3.29. The van der Waals surface area contributed by atoms with Gasteiger partial charge in [0.25, 0.3) is 5.56 Å². The van der Waals surface area contributed by atoms with Crippen LogP contribution in [0.3, 0.4) is 0 Å². The van der Waals surface area contributed by atoms with E-state index >= 15 is 0 Å². The van der Waals surface area contributed by atoms with Gasteiger partial charge >= 0.3 is 0 Å². The van der Waals surface area contributed by atoms with Gasteiger partial charge < -0.3 is 4.42 Å². The molecule has 4 aromatic rings. The fraction of sp³-hybridized carbons (Fsp3) is 0.176. The monoisotopic (exact) mass is 370 g/mol. The summed E-state index contributed by atoms with van der Waals surface area (Å²) in [6, 6.07) is 11.5. The maximum Gasteiger partial charge on any atom is 0.271 e. The van der Waals surface area contributed by atoms with E-state index in [9.17, 15) is 4.79 Å². The fourth-order valence-corrected chi connectivity index (χ4v) is 4.09. The van der Waals surface area contributed by atoms with Gasteiger partial charge in [-0.2, -0.15) is 0 Å². The highest BCUT2D eigenvalue weighted by atomic mass is 32.2. The van der Waals surface area contributed by atoms with Gasteiger partial charge in [0.1, 0.15) is 4.70 Å². The lowest BCUT2D eigenvalue weighted by molar-refractivity contribution is 0.508. The van der Waals surface area contributed by atoms with Crippen molar-refractivity contribution in [3.63, 3.8) is 0 Å². The topological polar surface area (TPSA) is 73.8 Å². The van der Waals surface area contributed by atoms with Crippen LogP contribution in [-0.2, 0) is 7.05 Å². The van der Waals surface area contributed by atoms with Crippen LogP contribution < -0.4 is 5.56 Å². The van der Waals surface area contributed by atoms with E-state index in [0.717, 1.165) is 11.1 Å². The van der Waals surface area contributed by atoms with Crippen LogP contribution in [0.25, 0.3) is 21.7 Å². The highest BCUT2D eigenvalue weighted by Gasteiger charge is 2.19. The van der Waals surface area contributed by atoms with Gasteiger partial charge in [0.05, 0.1) is 10.8 Å². The summed E-state index contributed by atoms with van der Waals surface area (Å²) in [7, 11) is 1.73. The minimum Gasteiger partial charge on any atom is -0.419 e. The van der Waals surface area contributed by atoms with Crippen molar-refractivity contribution in [3.8, 4) is 11.5 Å². The number of hydrogen-bond donors (Lipinski definition) is 0. The van der Waals surface area contributed by atoms with Crippen LogP contribution >= 0.6 is 23.1 Å². The lowest BCUT2D eigenvalue weighted by Crippen LogP contribution is -2.19. The van der Waals surface area contributed by atoms with Gasteiger partial charge in [-0.05, 0) is 30.5 Å². The molecule has 1 aromatic carbocycles. The van der Waals surface area contributed by atoms with Gasteiger partial charge in [-0.25, -0.2) is 4.98 Å². The molecule has 6 nitrogen and oxygen atoms in total. The van der Waals surface area contributed by atoms with Crippen LogP contribution in [0.5, 0.6) is 0 Å². The second-order valence-electron chi connectivity index (χ2n) is 5.47. The van der Waals surface area contributed by atoms with Crippen molar-refractivity contribution in [2.75, 3.05) is 0 Å². The molecule has 0 aliphatic carbocycles. The molecule has 4 rings (SSSR count). The Morgan fingerprint density at radius 3 is 2.80 bits per heavy atom. The SMILES string of the molecule is CC(Sc1nc2ccsc2c(=O)n1C)c1nnc(-c2ccccc2)o1. The van der Waals surface area contributed by atoms with E-state index in [4.69, 9.17) is 4.42 Å². The number of nitrogens with zero attached hydrogens (tertiary/aromatic N) is 4. The first-order chi connectivity index (χ1) is 12.1. The highest BCUT2D eigenvalue weighted by Crippen LogP contribution is 2.34. The summed E-state index contributed by atoms with van der Waals surface area (Å²) in [6.07, 6.45) is 0. The first-order valence-corrected chi connectivity index (χ1v) is 9.39. The van der Waals surface area contributed by atoms with E-state index < -0.39 is 0 Å². The Morgan fingerprint density at radius 1 is 1.20 bits per heavy atom. The molecule has 1 atom stereocenters. The molecule has 25 heavy (non-hydrogen) atoms. The minimum atomic E-state index is -0.126. The van der Waals surface area contributed by atoms with Gasteiger partial charge in [0, 0.05) is 12.6 Å². The number of benzene rings is 1. The molecule has 1 unspecified atom stereocenters. The maximum absolute atomic E-state index is 12.4. The third kappa shape index (κ3) is 2.98. The molecule has 0 saturated heterocycles. The Labute approximate surface area is 151 Å². The molecular weight excluding hydrogens is 356 g/mol. The van der Waals surface area contributed by atoms with E-state index in [2.05, 4.69) is 15.2 Å². The quantitative estimate of drug-likeness (QED) is 0.401. The third-order valence-corrected chi connectivity index (χ3v) is 5.76. The van der Waals surface area contributed by atoms with Gasteiger partial charge in [-0.1, -0.05) is 30.0 Å². The Balaban J connectivity index is 1.62. The molecule has 0 bridgehead atoms. The van der Waals surface area contributed by atoms with Crippen molar-refractivity contribution in [2.45, 2.75) is 17.3 Å². The van der Waals surface area contributed by atoms with Crippen molar-refractivity contribution >= 4 is 33.3 Å². The molecule has 3 aromatic heterocycles. The summed E-state index contributed by atoms with van der Waals surface area (Å²) in [5.41, 5.74) is 1.56. The van der Waals surface area contributed by atoms with Crippen LogP contribution in [0.2, 0.25) is 0 Å². The second-order valence-corrected chi connectivity index (χ2v) is 7.69. The summed E-state index contributed by atoms with van der Waals surface area (Å²) in [6.45, 7) is 1.96. The van der Waals surface area contributed by atoms with Crippen LogP contribution in [-0.4, -0.2) is 19.7 Å². The number of aromatic nitrogens is 4. The average molecular weight is 370 g/mol. The lowest BCUT2D eigenvalue weighted by atomic mass is 10.2. The Bertz CT molecular complexity index is 1080. The molecule has 8 heteroatoms. The zero-order valence-electron chi connectivity index (χ0n) is 13.5. The van der Waals surface area contributed by atoms with Gasteiger partial charge in [0.15, 0.2) is 5.16 Å². The van der Waals surface area contributed by atoms with Crippen molar-refractivity contribution in [3.05, 3.63) is 58.0 Å². The Kier molecular flexibility index (Phi) is 4.14. The molecule has 0 fully saturated rings. The van der Waals surface area contributed by atoms with Crippen LogP contribution in [0.4, 0.5) is 0 Å². The number of thioether (sulfide) groups is 1. The highest BCUT2D eigenvalue weighted by molar-refractivity contribution is 7.99. The molecule has 0 radical (unpaired) electrons. The Hall–Kier alpha value is -2.45. The van der Waals surface area contributed by atoms with Crippen LogP contribution in [0, 0.1) is 0 Å². The molecule has 0 N–H and O–H groups in total. The van der Waals surface area contributed by atoms with E-state index in [0.29, 0.717) is 21.6 Å². The number of rotatable bonds is 4. The molecule has 3 heterocycles. The molecule has 0 aliphatic heterocycles. The zero-order valence-corrected chi connectivity index (χ0v) is 15.2. The third-order valence-electron chi connectivity index (χ3n) is 3.74. The van der Waals surface area contributed by atoms with E-state index in [1.54, 1.807) is 11.6 Å². The van der Waals surface area contributed by atoms with Gasteiger partial charge in [-0.3, -0.25) is 9.36 Å². The Morgan fingerprint density at radius 2 is 2.00 bits per heavy atom. The minimum absolute atomic E-state index is 0.0368. The molecule has 0 aliphatic rings. The summed E-state index contributed by atoms with van der Waals surface area (Å²) in [5, 5.41) is 10.6. The van der Waals surface area contributed by atoms with Crippen LogP contribution in [0.15, 0.2) is 56.1 Å². The lowest BCUT2D eigenvalue weighted by Gasteiger charge is -2.09. The molecular formula is C17H14N4O2S2. The molecule has 0 spiro atoms. The molecule has 126 valence electrons. The van der Waals surface area contributed by atoms with Crippen molar-refractivity contribution in [1.29, 1.82) is 0 Å². The number of hydrogen-bond acceptors (Lipinski definition) is 7. The zero-order chi connectivity index (χ0) is 17.4. The second kappa shape index (κ2) is 6.45. The van der Waals surface area contributed by atoms with Crippen molar-refractivity contribution in [2.24, 2.45) is 7.05 Å². The summed E-state index contributed by atoms with van der Waals surface area (Å²) in [4.78, 5) is 17.0. The standard InChI is InChI=1S/C17H14N4O2S2/c1-10(14-19-20-15(23-14)11-6-4-3-5-7-11)25-17-18-12-8-9-24-13(12)16(22)21(17)2/h3-10H,1-2H3. The van der Waals surface area contributed by atoms with E-state index in [1.165, 1.54) is 23.1 Å². The predicted molar refractivity (Wildman–Crippen MR) is 98.9 cm³/mol. The normalized spacial score (nSPS) is 12.6. The van der Waals surface area contributed by atoms with E-state index in [-0.39, 0.29) is 10.8 Å². The van der Waals surface area contributed by atoms with Gasteiger partial charge in [-0.15, -0.1) is 21.5 Å². The molecule has 0 amide bonds. The first-order valence-electron chi connectivity index (χ1n) is 7.63. The van der Waals surface area contributed by atoms with Crippen molar-refractivity contribution < 1.29 is 4.42 Å². The first kappa shape index (κ1) is 16.0. The smallest absolute Gasteiger partial charge is 0.271 e. The molecule has 0 saturated carbocycles. The summed E-state index contributed by atoms with van der Waals surface area (Å²) < 4.78 is 8.02. The van der Waals surface area contributed by atoms with Gasteiger partial charge in [0.2, 0.25) is 11.8 Å². The summed E-state index contributed by atoms with van der Waals surface area (Å²) >= 11 is 2.83. The predicted octanol–water partition coefficient (Wildman–Crippen LogP) is 3.90. The summed E-state index contributed by atoms with van der Waals surface area (Å²) in [5.74, 6) is 0.988. The van der Waals surface area contributed by atoms with Crippen LogP contribution in [0.1, 0.15) is 18.1 Å². The number of thiophene rings is 1. The maximum atomic E-state index is 12.4. The number of fused-ring (bicyclic) bond motifs is 1. The largest absolute Gasteiger partial charge is 0.419 e. The fourth-order valence-electron chi connectivity index (χ4n) is 2.38.